The summed E-state index contributed by atoms with van der Waals surface area (Å²) >= 11 is 5.34. The highest BCUT2D eigenvalue weighted by Gasteiger charge is 1.99. The van der Waals surface area contributed by atoms with Gasteiger partial charge in [0, 0.05) is 19.6 Å². The summed E-state index contributed by atoms with van der Waals surface area (Å²) in [6, 6.07) is 0. The first-order chi connectivity index (χ1) is 6.16. The molecule has 3 heteroatoms. The maximum absolute atomic E-state index is 10.8. The Balaban J connectivity index is 3.04. The van der Waals surface area contributed by atoms with Crippen molar-refractivity contribution in [3.63, 3.8) is 0 Å². The van der Waals surface area contributed by atoms with Gasteiger partial charge in [-0.1, -0.05) is 13.8 Å². The number of halogens is 1. The maximum atomic E-state index is 10.8. The van der Waals surface area contributed by atoms with Gasteiger partial charge in [0.25, 0.3) is 0 Å². The van der Waals surface area contributed by atoms with Gasteiger partial charge in [0.2, 0.25) is 0 Å². The van der Waals surface area contributed by atoms with Gasteiger partial charge in [0.1, 0.15) is 5.78 Å². The van der Waals surface area contributed by atoms with Crippen molar-refractivity contribution >= 4 is 17.4 Å². The predicted octanol–water partition coefficient (Wildman–Crippen LogP) is 2.64. The molecule has 0 aromatic carbocycles. The minimum absolute atomic E-state index is 0.106. The molecule has 0 aliphatic heterocycles. The molecule has 78 valence electrons. The number of alkyl halides is 1. The minimum atomic E-state index is 0.106. The van der Waals surface area contributed by atoms with Crippen molar-refractivity contribution in [2.45, 2.75) is 33.1 Å². The average Bonchev–Trinajstić information content (AvgIpc) is 2.10. The van der Waals surface area contributed by atoms with Crippen molar-refractivity contribution < 1.29 is 9.53 Å². The van der Waals surface area contributed by atoms with E-state index < -0.39 is 0 Å². The molecule has 0 aliphatic rings. The second-order valence-corrected chi connectivity index (χ2v) is 3.84. The minimum Gasteiger partial charge on any atom is -0.381 e. The van der Waals surface area contributed by atoms with Crippen LogP contribution < -0.4 is 0 Å². The Kier molecular flexibility index (Phi) is 8.46. The van der Waals surface area contributed by atoms with Crippen LogP contribution >= 0.6 is 11.6 Å². The van der Waals surface area contributed by atoms with E-state index in [-0.39, 0.29) is 11.7 Å². The summed E-state index contributed by atoms with van der Waals surface area (Å²) < 4.78 is 5.34. The van der Waals surface area contributed by atoms with E-state index in [0.717, 1.165) is 19.4 Å². The number of ether oxygens (including phenoxy) is 1. The lowest BCUT2D eigenvalue weighted by Crippen LogP contribution is -2.04. The summed E-state index contributed by atoms with van der Waals surface area (Å²) in [5.74, 6) is 0.921. The van der Waals surface area contributed by atoms with Crippen molar-refractivity contribution in [1.82, 2.24) is 0 Å². The normalized spacial score (nSPS) is 10.8. The van der Waals surface area contributed by atoms with Gasteiger partial charge in [-0.05, 0) is 18.8 Å². The van der Waals surface area contributed by atoms with E-state index in [9.17, 15) is 4.79 Å². The van der Waals surface area contributed by atoms with Gasteiger partial charge in [-0.25, -0.2) is 0 Å². The molecule has 0 amide bonds. The zero-order valence-corrected chi connectivity index (χ0v) is 9.27. The van der Waals surface area contributed by atoms with Gasteiger partial charge in [-0.3, -0.25) is 4.79 Å². The van der Waals surface area contributed by atoms with Crippen LogP contribution in [0.5, 0.6) is 0 Å². The summed E-state index contributed by atoms with van der Waals surface area (Å²) in [5, 5.41) is 0. The van der Waals surface area contributed by atoms with Crippen LogP contribution in [-0.2, 0) is 9.53 Å². The molecule has 0 saturated carbocycles. The molecule has 0 saturated heterocycles. The smallest absolute Gasteiger partial charge is 0.147 e. The molecule has 0 atom stereocenters. The number of hydrogen-bond acceptors (Lipinski definition) is 2. The lowest BCUT2D eigenvalue weighted by molar-refractivity contribution is -0.117. The van der Waals surface area contributed by atoms with E-state index in [1.54, 1.807) is 0 Å². The second-order valence-electron chi connectivity index (χ2n) is 3.57. The Hall–Kier alpha value is -0.0800. The van der Waals surface area contributed by atoms with Gasteiger partial charge >= 0.3 is 0 Å². The summed E-state index contributed by atoms with van der Waals surface area (Å²) in [7, 11) is 0. The van der Waals surface area contributed by atoms with E-state index in [4.69, 9.17) is 16.3 Å². The third-order valence-electron chi connectivity index (χ3n) is 1.73. The highest BCUT2D eigenvalue weighted by molar-refractivity contribution is 6.27. The van der Waals surface area contributed by atoms with Crippen LogP contribution in [0.1, 0.15) is 33.1 Å². The summed E-state index contributed by atoms with van der Waals surface area (Å²) in [6.45, 7) is 5.81. The maximum Gasteiger partial charge on any atom is 0.147 e. The van der Waals surface area contributed by atoms with E-state index in [1.165, 1.54) is 0 Å². The Labute approximate surface area is 85.6 Å². The molecule has 0 N–H and O–H groups in total. The molecular formula is C10H19ClO2. The van der Waals surface area contributed by atoms with Crippen LogP contribution in [0.3, 0.4) is 0 Å². The second kappa shape index (κ2) is 8.52. The molecule has 0 spiro atoms. The fourth-order valence-corrected chi connectivity index (χ4v) is 0.993. The Morgan fingerprint density at radius 1 is 1.38 bits per heavy atom. The van der Waals surface area contributed by atoms with Crippen molar-refractivity contribution in [3.05, 3.63) is 0 Å². The number of carbonyl (C=O) groups excluding carboxylic acids is 1. The number of carbonyl (C=O) groups is 1. The van der Waals surface area contributed by atoms with E-state index in [1.807, 2.05) is 0 Å². The molecule has 0 aromatic rings. The van der Waals surface area contributed by atoms with E-state index >= 15 is 0 Å². The highest BCUT2D eigenvalue weighted by Crippen LogP contribution is 2.00. The Morgan fingerprint density at radius 2 is 2.08 bits per heavy atom. The van der Waals surface area contributed by atoms with Gasteiger partial charge in [-0.15, -0.1) is 11.6 Å². The first-order valence-corrected chi connectivity index (χ1v) is 5.35. The van der Waals surface area contributed by atoms with Gasteiger partial charge in [0.15, 0.2) is 0 Å². The van der Waals surface area contributed by atoms with Crippen molar-refractivity contribution in [3.8, 4) is 0 Å². The third-order valence-corrected chi connectivity index (χ3v) is 2.03. The molecular weight excluding hydrogens is 188 g/mol. The monoisotopic (exact) mass is 206 g/mol. The highest BCUT2D eigenvalue weighted by atomic mass is 35.5. The largest absolute Gasteiger partial charge is 0.381 e. The molecule has 0 aliphatic carbocycles. The molecule has 0 bridgehead atoms. The Bertz CT molecular complexity index is 135. The lowest BCUT2D eigenvalue weighted by Gasteiger charge is -2.05. The third kappa shape index (κ3) is 9.84. The van der Waals surface area contributed by atoms with E-state index in [2.05, 4.69) is 13.8 Å². The Morgan fingerprint density at radius 3 is 2.62 bits per heavy atom. The van der Waals surface area contributed by atoms with E-state index in [0.29, 0.717) is 18.9 Å². The number of hydrogen-bond donors (Lipinski definition) is 0. The molecule has 0 fully saturated rings. The molecule has 0 aromatic heterocycles. The molecule has 0 heterocycles. The average molecular weight is 207 g/mol. The van der Waals surface area contributed by atoms with Crippen LogP contribution in [0, 0.1) is 5.92 Å². The summed E-state index contributed by atoms with van der Waals surface area (Å²) in [5.41, 5.74) is 0. The topological polar surface area (TPSA) is 26.3 Å². The molecule has 0 radical (unpaired) electrons. The zero-order valence-electron chi connectivity index (χ0n) is 8.51. The van der Waals surface area contributed by atoms with Crippen LogP contribution in [0.4, 0.5) is 0 Å². The first-order valence-electron chi connectivity index (χ1n) is 4.82. The first kappa shape index (κ1) is 12.9. The molecule has 13 heavy (non-hydrogen) atoms. The SMILES string of the molecule is CC(C)CCOCCCC(=O)CCl. The molecule has 2 nitrogen and oxygen atoms in total. The van der Waals surface area contributed by atoms with Crippen molar-refractivity contribution in [1.29, 1.82) is 0 Å². The van der Waals surface area contributed by atoms with Crippen LogP contribution in [0.25, 0.3) is 0 Å². The number of rotatable bonds is 8. The summed E-state index contributed by atoms with van der Waals surface area (Å²) in [4.78, 5) is 10.8. The van der Waals surface area contributed by atoms with Crippen LogP contribution in [0.2, 0.25) is 0 Å². The van der Waals surface area contributed by atoms with Crippen LogP contribution in [-0.4, -0.2) is 24.9 Å². The lowest BCUT2D eigenvalue weighted by atomic mass is 10.1. The number of Topliss-reactive ketones (excluding diaryl/α,β-unsaturated/α-hetero) is 1. The number of ketones is 1. The standard InChI is InChI=1S/C10H19ClO2/c1-9(2)5-7-13-6-3-4-10(12)8-11/h9H,3-8H2,1-2H3. The fourth-order valence-electron chi connectivity index (χ4n) is 0.859. The summed E-state index contributed by atoms with van der Waals surface area (Å²) in [6.07, 6.45) is 2.43. The van der Waals surface area contributed by atoms with Gasteiger partial charge in [-0.2, -0.15) is 0 Å². The zero-order chi connectivity index (χ0) is 10.1. The van der Waals surface area contributed by atoms with Gasteiger partial charge in [0.05, 0.1) is 5.88 Å². The van der Waals surface area contributed by atoms with Gasteiger partial charge < -0.3 is 4.74 Å². The molecule has 0 unspecified atom stereocenters. The van der Waals surface area contributed by atoms with Crippen LogP contribution in [0.15, 0.2) is 0 Å². The van der Waals surface area contributed by atoms with Crippen molar-refractivity contribution in [2.24, 2.45) is 5.92 Å². The predicted molar refractivity (Wildman–Crippen MR) is 55.2 cm³/mol. The van der Waals surface area contributed by atoms with Crippen molar-refractivity contribution in [2.75, 3.05) is 19.1 Å². The fraction of sp³-hybridized carbons (Fsp3) is 0.900. The quantitative estimate of drug-likeness (QED) is 0.451. The molecule has 0 rings (SSSR count).